The number of carboxylic acid groups (broad SMARTS) is 1. The van der Waals surface area contributed by atoms with Gasteiger partial charge in [0.2, 0.25) is 11.8 Å². The van der Waals surface area contributed by atoms with Gasteiger partial charge in [-0.3, -0.25) is 14.4 Å². The highest BCUT2D eigenvalue weighted by Gasteiger charge is 2.35. The molecule has 2 amide bonds. The van der Waals surface area contributed by atoms with E-state index in [4.69, 9.17) is 15.9 Å². The highest BCUT2D eigenvalue weighted by molar-refractivity contribution is 5.85. The average molecular weight is 258 g/mol. The van der Waals surface area contributed by atoms with Gasteiger partial charge in [-0.1, -0.05) is 12.8 Å². The van der Waals surface area contributed by atoms with E-state index in [0.717, 1.165) is 12.8 Å². The number of primary amides is 1. The number of aliphatic hydroxyl groups is 1. The molecule has 1 fully saturated rings. The lowest BCUT2D eigenvalue weighted by Crippen LogP contribution is -2.45. The predicted octanol–water partition coefficient (Wildman–Crippen LogP) is -1.16. The first-order valence-electron chi connectivity index (χ1n) is 5.91. The number of carbonyl (C=O) groups is 3. The molecule has 1 unspecified atom stereocenters. The van der Waals surface area contributed by atoms with E-state index in [2.05, 4.69) is 5.32 Å². The second-order valence-corrected chi connectivity index (χ2v) is 4.50. The van der Waals surface area contributed by atoms with Crippen molar-refractivity contribution in [2.45, 2.75) is 31.8 Å². The molecule has 0 aromatic heterocycles. The Bertz CT molecular complexity index is 344. The zero-order chi connectivity index (χ0) is 13.7. The summed E-state index contributed by atoms with van der Waals surface area (Å²) in [5.74, 6) is -3.64. The number of carboxylic acids is 1. The molecule has 1 aliphatic carbocycles. The first-order chi connectivity index (χ1) is 8.43. The smallest absolute Gasteiger partial charge is 0.307 e. The molecule has 7 heteroatoms. The lowest BCUT2D eigenvalue weighted by Gasteiger charge is -2.27. The maximum absolute atomic E-state index is 11.8. The summed E-state index contributed by atoms with van der Waals surface area (Å²) in [7, 11) is 0. The number of rotatable bonds is 5. The molecular formula is C11H18N2O5. The minimum Gasteiger partial charge on any atom is -0.481 e. The third kappa shape index (κ3) is 3.69. The van der Waals surface area contributed by atoms with Crippen LogP contribution in [-0.4, -0.2) is 40.6 Å². The topological polar surface area (TPSA) is 130 Å². The van der Waals surface area contributed by atoms with Gasteiger partial charge in [0.15, 0.2) is 0 Å². The molecular weight excluding hydrogens is 240 g/mol. The summed E-state index contributed by atoms with van der Waals surface area (Å²) < 4.78 is 0. The molecule has 1 saturated carbocycles. The first kappa shape index (κ1) is 14.4. The number of hydrogen-bond acceptors (Lipinski definition) is 4. The van der Waals surface area contributed by atoms with Gasteiger partial charge < -0.3 is 21.3 Å². The Labute approximate surface area is 104 Å². The molecule has 0 radical (unpaired) electrons. The molecule has 0 aromatic carbocycles. The number of nitrogens with one attached hydrogen (secondary N) is 1. The molecule has 0 aromatic rings. The lowest BCUT2D eigenvalue weighted by molar-refractivity contribution is -0.149. The zero-order valence-corrected chi connectivity index (χ0v) is 9.96. The Hall–Kier alpha value is -1.63. The second kappa shape index (κ2) is 6.34. The first-order valence-corrected chi connectivity index (χ1v) is 5.91. The molecule has 0 aliphatic heterocycles. The van der Waals surface area contributed by atoms with Gasteiger partial charge in [0, 0.05) is 0 Å². The summed E-state index contributed by atoms with van der Waals surface area (Å²) in [5.41, 5.74) is 4.84. The maximum atomic E-state index is 11.8. The van der Waals surface area contributed by atoms with E-state index in [-0.39, 0.29) is 6.54 Å². The Kier molecular flexibility index (Phi) is 5.08. The number of aliphatic carboxylic acids is 1. The van der Waals surface area contributed by atoms with Crippen molar-refractivity contribution in [3.05, 3.63) is 0 Å². The summed E-state index contributed by atoms with van der Waals surface area (Å²) in [4.78, 5) is 33.4. The molecule has 0 saturated heterocycles. The summed E-state index contributed by atoms with van der Waals surface area (Å²) in [5, 5.41) is 20.5. The van der Waals surface area contributed by atoms with Crippen LogP contribution in [0.5, 0.6) is 0 Å². The van der Waals surface area contributed by atoms with Gasteiger partial charge in [0.05, 0.1) is 18.4 Å². The van der Waals surface area contributed by atoms with E-state index in [1.54, 1.807) is 0 Å². The van der Waals surface area contributed by atoms with Crippen LogP contribution >= 0.6 is 0 Å². The van der Waals surface area contributed by atoms with Crippen LogP contribution in [-0.2, 0) is 14.4 Å². The molecule has 0 bridgehead atoms. The minimum atomic E-state index is -1.44. The fourth-order valence-corrected chi connectivity index (χ4v) is 2.17. The van der Waals surface area contributed by atoms with Gasteiger partial charge in [-0.2, -0.15) is 0 Å². The van der Waals surface area contributed by atoms with Crippen molar-refractivity contribution in [1.29, 1.82) is 0 Å². The highest BCUT2D eigenvalue weighted by atomic mass is 16.4. The van der Waals surface area contributed by atoms with Gasteiger partial charge in [-0.25, -0.2) is 0 Å². The number of hydrogen-bond donors (Lipinski definition) is 4. The van der Waals surface area contributed by atoms with Crippen molar-refractivity contribution in [2.75, 3.05) is 6.54 Å². The Morgan fingerprint density at radius 1 is 1.22 bits per heavy atom. The van der Waals surface area contributed by atoms with E-state index in [0.29, 0.717) is 12.8 Å². The fourth-order valence-electron chi connectivity index (χ4n) is 2.17. The van der Waals surface area contributed by atoms with Crippen LogP contribution in [0.3, 0.4) is 0 Å². The van der Waals surface area contributed by atoms with Crippen LogP contribution in [0.1, 0.15) is 25.7 Å². The molecule has 1 aliphatic rings. The molecule has 102 valence electrons. The van der Waals surface area contributed by atoms with Crippen molar-refractivity contribution in [3.8, 4) is 0 Å². The van der Waals surface area contributed by atoms with Gasteiger partial charge in [-0.05, 0) is 12.8 Å². The Balaban J connectivity index is 2.53. The van der Waals surface area contributed by atoms with Gasteiger partial charge in [0.1, 0.15) is 6.10 Å². The van der Waals surface area contributed by atoms with Crippen molar-refractivity contribution in [2.24, 2.45) is 17.6 Å². The third-order valence-corrected chi connectivity index (χ3v) is 3.22. The molecule has 7 nitrogen and oxygen atoms in total. The van der Waals surface area contributed by atoms with Crippen LogP contribution in [0.4, 0.5) is 0 Å². The Morgan fingerprint density at radius 2 is 1.78 bits per heavy atom. The number of nitrogens with two attached hydrogens (primary N) is 1. The van der Waals surface area contributed by atoms with Crippen LogP contribution in [0, 0.1) is 11.8 Å². The SMILES string of the molecule is NC(=O)C(O)CNC(=O)[C@@H]1CCCC[C@@H]1C(=O)O. The van der Waals surface area contributed by atoms with Crippen molar-refractivity contribution in [1.82, 2.24) is 5.32 Å². The van der Waals surface area contributed by atoms with Crippen LogP contribution in [0.25, 0.3) is 0 Å². The summed E-state index contributed by atoms with van der Waals surface area (Å²) >= 11 is 0. The normalized spacial score (nSPS) is 25.2. The molecule has 3 atom stereocenters. The van der Waals surface area contributed by atoms with E-state index < -0.39 is 35.7 Å². The summed E-state index contributed by atoms with van der Waals surface area (Å²) in [6.07, 6.45) is 1.15. The van der Waals surface area contributed by atoms with E-state index >= 15 is 0 Å². The van der Waals surface area contributed by atoms with E-state index in [1.807, 2.05) is 0 Å². The van der Waals surface area contributed by atoms with Gasteiger partial charge in [-0.15, -0.1) is 0 Å². The Morgan fingerprint density at radius 3 is 2.28 bits per heavy atom. The van der Waals surface area contributed by atoms with Crippen LogP contribution < -0.4 is 11.1 Å². The molecule has 18 heavy (non-hydrogen) atoms. The number of amides is 2. The quantitative estimate of drug-likeness (QED) is 0.494. The van der Waals surface area contributed by atoms with E-state index in [1.165, 1.54) is 0 Å². The highest BCUT2D eigenvalue weighted by Crippen LogP contribution is 2.30. The number of carbonyl (C=O) groups excluding carboxylic acids is 2. The van der Waals surface area contributed by atoms with E-state index in [9.17, 15) is 14.4 Å². The van der Waals surface area contributed by atoms with Crippen molar-refractivity contribution in [3.63, 3.8) is 0 Å². The molecule has 0 spiro atoms. The minimum absolute atomic E-state index is 0.281. The number of aliphatic hydroxyl groups excluding tert-OH is 1. The van der Waals surface area contributed by atoms with Gasteiger partial charge >= 0.3 is 5.97 Å². The predicted molar refractivity (Wildman–Crippen MR) is 61.3 cm³/mol. The summed E-state index contributed by atoms with van der Waals surface area (Å²) in [6.45, 7) is -0.281. The fraction of sp³-hybridized carbons (Fsp3) is 0.727. The average Bonchev–Trinajstić information content (AvgIpc) is 2.35. The third-order valence-electron chi connectivity index (χ3n) is 3.22. The second-order valence-electron chi connectivity index (χ2n) is 4.50. The molecule has 5 N–H and O–H groups in total. The van der Waals surface area contributed by atoms with Crippen LogP contribution in [0.15, 0.2) is 0 Å². The largest absolute Gasteiger partial charge is 0.481 e. The lowest BCUT2D eigenvalue weighted by atomic mass is 9.78. The molecule has 0 heterocycles. The molecule has 1 rings (SSSR count). The zero-order valence-electron chi connectivity index (χ0n) is 9.96. The van der Waals surface area contributed by atoms with Crippen LogP contribution in [0.2, 0.25) is 0 Å². The summed E-state index contributed by atoms with van der Waals surface area (Å²) in [6, 6.07) is 0. The van der Waals surface area contributed by atoms with Crippen molar-refractivity contribution < 1.29 is 24.6 Å². The standard InChI is InChI=1S/C11H18N2O5/c12-9(15)8(14)5-13-10(16)6-3-1-2-4-7(6)11(17)18/h6-8,14H,1-5H2,(H2,12,15)(H,13,16)(H,17,18)/t6-,7+,8?/m1/s1. The van der Waals surface area contributed by atoms with Crippen molar-refractivity contribution >= 4 is 17.8 Å². The monoisotopic (exact) mass is 258 g/mol. The maximum Gasteiger partial charge on any atom is 0.307 e. The van der Waals surface area contributed by atoms with Gasteiger partial charge in [0.25, 0.3) is 0 Å².